The summed E-state index contributed by atoms with van der Waals surface area (Å²) in [5.41, 5.74) is 11.6. The van der Waals surface area contributed by atoms with E-state index in [0.717, 1.165) is 87.3 Å². The van der Waals surface area contributed by atoms with Gasteiger partial charge in [-0.15, -0.1) is 0 Å². The van der Waals surface area contributed by atoms with Crippen LogP contribution in [0.1, 0.15) is 103 Å². The van der Waals surface area contributed by atoms with Crippen molar-refractivity contribution in [2.45, 2.75) is 115 Å². The largest absolute Gasteiger partial charge is 0.381 e. The lowest BCUT2D eigenvalue weighted by Crippen LogP contribution is -2.38. The summed E-state index contributed by atoms with van der Waals surface area (Å²) in [6, 6.07) is 1.22. The fourth-order valence-corrected chi connectivity index (χ4v) is 6.32. The first-order valence-corrected chi connectivity index (χ1v) is 15.1. The van der Waals surface area contributed by atoms with Crippen LogP contribution in [0, 0.1) is 5.92 Å². The van der Waals surface area contributed by atoms with Crippen LogP contribution in [0.3, 0.4) is 0 Å². The molecule has 0 unspecified atom stereocenters. The predicted octanol–water partition coefficient (Wildman–Crippen LogP) is 5.26. The fourth-order valence-electron chi connectivity index (χ4n) is 6.32. The van der Waals surface area contributed by atoms with Gasteiger partial charge in [-0.1, -0.05) is 32.6 Å². The van der Waals surface area contributed by atoms with Crippen molar-refractivity contribution < 1.29 is 4.74 Å². The molecule has 2 saturated carbocycles. The summed E-state index contributed by atoms with van der Waals surface area (Å²) in [7, 11) is 0. The molecule has 37 heavy (non-hydrogen) atoms. The highest BCUT2D eigenvalue weighted by Crippen LogP contribution is 2.34. The molecular weight excluding hydrogens is 464 g/mol. The van der Waals surface area contributed by atoms with E-state index < -0.39 is 0 Å². The van der Waals surface area contributed by atoms with E-state index in [2.05, 4.69) is 27.2 Å². The van der Waals surface area contributed by atoms with E-state index >= 15 is 0 Å². The van der Waals surface area contributed by atoms with Crippen LogP contribution in [-0.2, 0) is 4.74 Å². The zero-order valence-corrected chi connectivity index (χ0v) is 22.8. The van der Waals surface area contributed by atoms with Gasteiger partial charge in [0.1, 0.15) is 0 Å². The maximum absolute atomic E-state index is 6.14. The third kappa shape index (κ3) is 7.12. The number of anilines is 2. The molecule has 1 saturated heterocycles. The smallest absolute Gasteiger partial charge is 0.227 e. The van der Waals surface area contributed by atoms with E-state index in [4.69, 9.17) is 25.4 Å². The summed E-state index contributed by atoms with van der Waals surface area (Å²) >= 11 is 0. The highest BCUT2D eigenvalue weighted by atomic mass is 16.5. The quantitative estimate of drug-likeness (QED) is 0.331. The van der Waals surface area contributed by atoms with E-state index in [0.29, 0.717) is 18.1 Å². The number of imidazole rings is 1. The van der Waals surface area contributed by atoms with Gasteiger partial charge >= 0.3 is 0 Å². The predicted molar refractivity (Wildman–Crippen MR) is 150 cm³/mol. The van der Waals surface area contributed by atoms with Gasteiger partial charge in [0.2, 0.25) is 5.95 Å². The highest BCUT2D eigenvalue weighted by molar-refractivity contribution is 5.84. The molecule has 2 aromatic rings. The molecule has 0 bridgehead atoms. The van der Waals surface area contributed by atoms with Crippen LogP contribution in [0.15, 0.2) is 6.33 Å². The Morgan fingerprint density at radius 3 is 2.51 bits per heavy atom. The minimum Gasteiger partial charge on any atom is -0.381 e. The van der Waals surface area contributed by atoms with Crippen molar-refractivity contribution in [3.05, 3.63) is 6.33 Å². The second-order valence-electron chi connectivity index (χ2n) is 11.6. The molecule has 2 aliphatic carbocycles. The van der Waals surface area contributed by atoms with Crippen LogP contribution < -0.4 is 16.5 Å². The zero-order valence-electron chi connectivity index (χ0n) is 22.8. The van der Waals surface area contributed by atoms with Gasteiger partial charge in [0, 0.05) is 44.4 Å². The topological polar surface area (TPSA) is 106 Å². The number of piperidine rings is 1. The van der Waals surface area contributed by atoms with Gasteiger partial charge in [-0.25, -0.2) is 9.99 Å². The molecule has 0 radical (unpaired) electrons. The van der Waals surface area contributed by atoms with Crippen molar-refractivity contribution in [3.8, 4) is 0 Å². The lowest BCUT2D eigenvalue weighted by molar-refractivity contribution is 0.127. The third-order valence-corrected chi connectivity index (χ3v) is 8.62. The molecule has 5 rings (SSSR count). The Morgan fingerprint density at radius 1 is 0.973 bits per heavy atom. The second-order valence-corrected chi connectivity index (χ2v) is 11.6. The van der Waals surface area contributed by atoms with E-state index in [9.17, 15) is 0 Å². The summed E-state index contributed by atoms with van der Waals surface area (Å²) in [5.74, 6) is 2.37. The molecule has 0 aromatic carbocycles. The SMILES string of the molecule is CCCOCCCCC1CCN(Nc2nc(NC3CCC(N)CC3)nc3c2ncn3C2CCCC2)CC1. The van der Waals surface area contributed by atoms with Crippen LogP contribution in [0.25, 0.3) is 11.2 Å². The molecule has 0 spiro atoms. The lowest BCUT2D eigenvalue weighted by Gasteiger charge is -2.32. The van der Waals surface area contributed by atoms with Gasteiger partial charge in [-0.05, 0) is 70.1 Å². The van der Waals surface area contributed by atoms with Crippen LogP contribution >= 0.6 is 0 Å². The maximum atomic E-state index is 6.14. The molecule has 9 heteroatoms. The molecule has 0 amide bonds. The molecule has 1 aliphatic heterocycles. The van der Waals surface area contributed by atoms with Gasteiger partial charge in [0.15, 0.2) is 17.0 Å². The molecule has 3 fully saturated rings. The molecule has 3 aliphatic rings. The Hall–Kier alpha value is -1.97. The Balaban J connectivity index is 1.23. The standard InChI is InChI=1S/C28H48N8O/c1-2-18-37-19-6-5-7-21-14-16-35(17-15-21)34-26-25-27(36(20-30-25)24-8-3-4-9-24)33-28(32-26)31-23-12-10-22(29)11-13-23/h20-24H,2-19,29H2,1H3,(H2,31,32,33,34). The number of nitrogens with two attached hydrogens (primary N) is 1. The van der Waals surface area contributed by atoms with Crippen molar-refractivity contribution in [2.24, 2.45) is 11.7 Å². The number of ether oxygens (including phenoxy) is 1. The van der Waals surface area contributed by atoms with Gasteiger partial charge in [-0.2, -0.15) is 9.97 Å². The normalized spacial score (nSPS) is 24.2. The van der Waals surface area contributed by atoms with Gasteiger partial charge < -0.3 is 25.8 Å². The third-order valence-electron chi connectivity index (χ3n) is 8.62. The summed E-state index contributed by atoms with van der Waals surface area (Å²) < 4.78 is 7.94. The summed E-state index contributed by atoms with van der Waals surface area (Å²) in [6.45, 7) is 6.05. The number of nitrogens with zero attached hydrogens (tertiary/aromatic N) is 5. The number of hydrogen-bond acceptors (Lipinski definition) is 8. The van der Waals surface area contributed by atoms with E-state index in [1.165, 1.54) is 57.8 Å². The van der Waals surface area contributed by atoms with Crippen LogP contribution in [0.2, 0.25) is 0 Å². The number of rotatable bonds is 12. The van der Waals surface area contributed by atoms with Crippen molar-refractivity contribution in [2.75, 3.05) is 37.0 Å². The van der Waals surface area contributed by atoms with Crippen molar-refractivity contribution in [3.63, 3.8) is 0 Å². The fraction of sp³-hybridized carbons (Fsp3) is 0.821. The van der Waals surface area contributed by atoms with Crippen LogP contribution in [-0.4, -0.2) is 62.9 Å². The van der Waals surface area contributed by atoms with Crippen molar-refractivity contribution in [1.82, 2.24) is 24.5 Å². The molecule has 4 N–H and O–H groups in total. The number of fused-ring (bicyclic) bond motifs is 1. The van der Waals surface area contributed by atoms with Gasteiger partial charge in [0.05, 0.1) is 6.33 Å². The van der Waals surface area contributed by atoms with Crippen molar-refractivity contribution >= 4 is 22.9 Å². The first kappa shape index (κ1) is 26.6. The molecule has 2 aromatic heterocycles. The average Bonchev–Trinajstić information content (AvgIpc) is 3.59. The Bertz CT molecular complexity index is 958. The molecule has 0 atom stereocenters. The maximum Gasteiger partial charge on any atom is 0.227 e. The Kier molecular flexibility index (Phi) is 9.50. The summed E-state index contributed by atoms with van der Waals surface area (Å²) in [5, 5.41) is 5.97. The number of hydrogen-bond donors (Lipinski definition) is 3. The first-order chi connectivity index (χ1) is 18.2. The number of hydrazine groups is 1. The summed E-state index contributed by atoms with van der Waals surface area (Å²) in [4.78, 5) is 14.8. The number of nitrogens with one attached hydrogen (secondary N) is 2. The zero-order chi connectivity index (χ0) is 25.5. The Labute approximate surface area is 222 Å². The van der Waals surface area contributed by atoms with Crippen molar-refractivity contribution in [1.29, 1.82) is 0 Å². The van der Waals surface area contributed by atoms with E-state index in [1.54, 1.807) is 0 Å². The van der Waals surface area contributed by atoms with E-state index in [-0.39, 0.29) is 0 Å². The monoisotopic (exact) mass is 512 g/mol. The number of unbranched alkanes of at least 4 members (excludes halogenated alkanes) is 1. The highest BCUT2D eigenvalue weighted by Gasteiger charge is 2.25. The van der Waals surface area contributed by atoms with E-state index in [1.807, 2.05) is 6.33 Å². The Morgan fingerprint density at radius 2 is 1.76 bits per heavy atom. The summed E-state index contributed by atoms with van der Waals surface area (Å²) in [6.07, 6.45) is 18.6. The molecule has 206 valence electrons. The van der Waals surface area contributed by atoms with Crippen LogP contribution in [0.4, 0.5) is 11.8 Å². The second kappa shape index (κ2) is 13.2. The molecule has 9 nitrogen and oxygen atoms in total. The van der Waals surface area contributed by atoms with Gasteiger partial charge in [-0.3, -0.25) is 0 Å². The van der Waals surface area contributed by atoms with Crippen LogP contribution in [0.5, 0.6) is 0 Å². The lowest BCUT2D eigenvalue weighted by atomic mass is 9.92. The number of aromatic nitrogens is 4. The van der Waals surface area contributed by atoms with Gasteiger partial charge in [0.25, 0.3) is 0 Å². The first-order valence-electron chi connectivity index (χ1n) is 15.1. The molecule has 3 heterocycles. The minimum absolute atomic E-state index is 0.333. The molecular formula is C28H48N8O. The average molecular weight is 513 g/mol. The minimum atomic E-state index is 0.333.